The second kappa shape index (κ2) is 8.78. The number of esters is 1. The third-order valence-corrected chi connectivity index (χ3v) is 5.73. The summed E-state index contributed by atoms with van der Waals surface area (Å²) in [6.07, 6.45) is 5.87. The maximum Gasteiger partial charge on any atom is 0.338 e. The third-order valence-electron chi connectivity index (χ3n) is 5.73. The summed E-state index contributed by atoms with van der Waals surface area (Å²) < 4.78 is 16.8. The molecular weight excluding hydrogens is 382 g/mol. The number of ether oxygens (including phenoxy) is 3. The van der Waals surface area contributed by atoms with Crippen LogP contribution in [-0.4, -0.2) is 31.7 Å². The Morgan fingerprint density at radius 2 is 1.87 bits per heavy atom. The Morgan fingerprint density at radius 3 is 2.60 bits per heavy atom. The number of nitrogens with zero attached hydrogens (tertiary/aromatic N) is 1. The number of carbonyl (C=O) groups is 2. The molecule has 158 valence electrons. The molecular formula is C24H27NO5. The van der Waals surface area contributed by atoms with Crippen LogP contribution >= 0.6 is 0 Å². The van der Waals surface area contributed by atoms with Crippen molar-refractivity contribution in [1.82, 2.24) is 0 Å². The van der Waals surface area contributed by atoms with Crippen LogP contribution in [0.3, 0.4) is 0 Å². The lowest BCUT2D eigenvalue weighted by Crippen LogP contribution is -2.24. The van der Waals surface area contributed by atoms with Crippen LogP contribution in [0.15, 0.2) is 36.4 Å². The molecule has 1 fully saturated rings. The second-order valence-corrected chi connectivity index (χ2v) is 7.70. The van der Waals surface area contributed by atoms with Gasteiger partial charge in [-0.2, -0.15) is 0 Å². The number of hydrogen-bond acceptors (Lipinski definition) is 5. The highest BCUT2D eigenvalue weighted by Crippen LogP contribution is 2.37. The maximum absolute atomic E-state index is 13.1. The molecule has 1 saturated carbocycles. The van der Waals surface area contributed by atoms with Crippen molar-refractivity contribution in [2.24, 2.45) is 0 Å². The Kier molecular flexibility index (Phi) is 5.93. The molecule has 0 radical (unpaired) electrons. The molecule has 1 aliphatic carbocycles. The van der Waals surface area contributed by atoms with Crippen molar-refractivity contribution >= 4 is 17.6 Å². The van der Waals surface area contributed by atoms with Gasteiger partial charge in [0.05, 0.1) is 31.9 Å². The van der Waals surface area contributed by atoms with Gasteiger partial charge >= 0.3 is 5.97 Å². The zero-order valence-electron chi connectivity index (χ0n) is 17.5. The smallest absolute Gasteiger partial charge is 0.338 e. The molecule has 1 heterocycles. The monoisotopic (exact) mass is 409 g/mol. The summed E-state index contributed by atoms with van der Waals surface area (Å²) >= 11 is 0. The highest BCUT2D eigenvalue weighted by molar-refractivity contribution is 6.11. The van der Waals surface area contributed by atoms with Crippen molar-refractivity contribution in [3.8, 4) is 11.5 Å². The van der Waals surface area contributed by atoms with E-state index in [-0.39, 0.29) is 12.0 Å². The van der Waals surface area contributed by atoms with Gasteiger partial charge in [0.1, 0.15) is 0 Å². The van der Waals surface area contributed by atoms with E-state index in [1.807, 2.05) is 24.3 Å². The highest BCUT2D eigenvalue weighted by atomic mass is 16.5. The van der Waals surface area contributed by atoms with Crippen LogP contribution in [0.4, 0.5) is 5.69 Å². The molecule has 1 amide bonds. The molecule has 0 atom stereocenters. The Morgan fingerprint density at radius 1 is 1.07 bits per heavy atom. The number of carbonyl (C=O) groups excluding carboxylic acids is 2. The van der Waals surface area contributed by atoms with Gasteiger partial charge in [0, 0.05) is 17.3 Å². The lowest BCUT2D eigenvalue weighted by molar-refractivity contribution is 0.0526. The average Bonchev–Trinajstić information content (AvgIpc) is 3.10. The largest absolute Gasteiger partial charge is 0.493 e. The molecule has 2 aromatic carbocycles. The predicted molar refractivity (Wildman–Crippen MR) is 113 cm³/mol. The van der Waals surface area contributed by atoms with Crippen molar-refractivity contribution in [2.75, 3.05) is 18.6 Å². The van der Waals surface area contributed by atoms with Crippen molar-refractivity contribution < 1.29 is 23.8 Å². The summed E-state index contributed by atoms with van der Waals surface area (Å²) in [5, 5.41) is 0. The molecule has 0 saturated heterocycles. The van der Waals surface area contributed by atoms with Gasteiger partial charge in [0.2, 0.25) is 0 Å². The Labute approximate surface area is 176 Å². The SMILES string of the molecule is CCOC(=O)c1ccc2c(c1)C(=O)N(c1ccc(OC)c(OC3CCCCC3)c1)C2. The predicted octanol–water partition coefficient (Wildman–Crippen LogP) is 4.74. The molecule has 1 aliphatic heterocycles. The van der Waals surface area contributed by atoms with E-state index < -0.39 is 5.97 Å². The lowest BCUT2D eigenvalue weighted by atomic mass is 9.98. The van der Waals surface area contributed by atoms with Crippen molar-refractivity contribution in [1.29, 1.82) is 0 Å². The molecule has 0 spiro atoms. The van der Waals surface area contributed by atoms with Gasteiger partial charge in [0.25, 0.3) is 5.91 Å². The normalized spacial score (nSPS) is 16.3. The number of hydrogen-bond donors (Lipinski definition) is 0. The van der Waals surface area contributed by atoms with E-state index in [1.54, 1.807) is 31.1 Å². The van der Waals surface area contributed by atoms with E-state index in [2.05, 4.69) is 0 Å². The molecule has 2 aromatic rings. The van der Waals surface area contributed by atoms with E-state index in [9.17, 15) is 9.59 Å². The lowest BCUT2D eigenvalue weighted by Gasteiger charge is -2.25. The van der Waals surface area contributed by atoms with Crippen LogP contribution in [-0.2, 0) is 11.3 Å². The van der Waals surface area contributed by atoms with Gasteiger partial charge in [-0.15, -0.1) is 0 Å². The van der Waals surface area contributed by atoms with Gasteiger partial charge < -0.3 is 19.1 Å². The first-order valence-electron chi connectivity index (χ1n) is 10.6. The standard InChI is InChI=1S/C24H27NO5/c1-3-29-24(27)16-9-10-17-15-25(23(26)20(17)13-16)18-11-12-21(28-2)22(14-18)30-19-7-5-4-6-8-19/h9-14,19H,3-8,15H2,1-2H3. The molecule has 0 N–H and O–H groups in total. The van der Waals surface area contributed by atoms with Crippen LogP contribution in [0.5, 0.6) is 11.5 Å². The van der Waals surface area contributed by atoms with Gasteiger partial charge in [-0.3, -0.25) is 4.79 Å². The first-order valence-corrected chi connectivity index (χ1v) is 10.6. The number of benzene rings is 2. The van der Waals surface area contributed by atoms with E-state index in [0.717, 1.165) is 24.1 Å². The topological polar surface area (TPSA) is 65.1 Å². The van der Waals surface area contributed by atoms with Crippen molar-refractivity contribution in [3.63, 3.8) is 0 Å². The Hall–Kier alpha value is -3.02. The zero-order valence-corrected chi connectivity index (χ0v) is 17.5. The first-order chi connectivity index (χ1) is 14.6. The van der Waals surface area contributed by atoms with Crippen LogP contribution in [0.25, 0.3) is 0 Å². The van der Waals surface area contributed by atoms with Crippen molar-refractivity contribution in [3.05, 3.63) is 53.1 Å². The van der Waals surface area contributed by atoms with E-state index in [0.29, 0.717) is 35.8 Å². The van der Waals surface area contributed by atoms with Crippen LogP contribution in [0.1, 0.15) is 65.3 Å². The fourth-order valence-electron chi connectivity index (χ4n) is 4.14. The minimum absolute atomic E-state index is 0.134. The quantitative estimate of drug-likeness (QED) is 0.645. The molecule has 4 rings (SSSR count). The summed E-state index contributed by atoms with van der Waals surface area (Å²) in [5.74, 6) is 0.778. The Bertz CT molecular complexity index is 949. The third kappa shape index (κ3) is 3.99. The minimum Gasteiger partial charge on any atom is -0.493 e. The maximum atomic E-state index is 13.1. The van der Waals surface area contributed by atoms with Crippen LogP contribution in [0, 0.1) is 0 Å². The molecule has 0 unspecified atom stereocenters. The second-order valence-electron chi connectivity index (χ2n) is 7.70. The number of anilines is 1. The van der Waals surface area contributed by atoms with Gasteiger partial charge in [-0.05, 0) is 62.4 Å². The average molecular weight is 409 g/mol. The molecule has 6 heteroatoms. The van der Waals surface area contributed by atoms with Gasteiger partial charge in [0.15, 0.2) is 11.5 Å². The minimum atomic E-state index is -0.417. The van der Waals surface area contributed by atoms with Gasteiger partial charge in [-0.1, -0.05) is 12.5 Å². The molecule has 30 heavy (non-hydrogen) atoms. The van der Waals surface area contributed by atoms with E-state index >= 15 is 0 Å². The number of methoxy groups -OCH3 is 1. The summed E-state index contributed by atoms with van der Waals surface area (Å²) in [6, 6.07) is 10.7. The molecule has 0 aromatic heterocycles. The molecule has 0 bridgehead atoms. The summed E-state index contributed by atoms with van der Waals surface area (Å²) in [7, 11) is 1.62. The molecule has 6 nitrogen and oxygen atoms in total. The summed E-state index contributed by atoms with van der Waals surface area (Å²) in [4.78, 5) is 26.8. The van der Waals surface area contributed by atoms with Crippen LogP contribution in [0.2, 0.25) is 0 Å². The summed E-state index contributed by atoms with van der Waals surface area (Å²) in [5.41, 5.74) is 2.56. The number of fused-ring (bicyclic) bond motifs is 1. The Balaban J connectivity index is 1.58. The molecule has 2 aliphatic rings. The first kappa shape index (κ1) is 20.3. The number of rotatable bonds is 6. The highest BCUT2D eigenvalue weighted by Gasteiger charge is 2.30. The van der Waals surface area contributed by atoms with Gasteiger partial charge in [-0.25, -0.2) is 4.79 Å². The van der Waals surface area contributed by atoms with E-state index in [1.165, 1.54) is 19.3 Å². The fraction of sp³-hybridized carbons (Fsp3) is 0.417. The summed E-state index contributed by atoms with van der Waals surface area (Å²) in [6.45, 7) is 2.51. The zero-order chi connectivity index (χ0) is 21.1. The van der Waals surface area contributed by atoms with Crippen LogP contribution < -0.4 is 14.4 Å². The van der Waals surface area contributed by atoms with E-state index in [4.69, 9.17) is 14.2 Å². The number of amides is 1. The van der Waals surface area contributed by atoms with Crippen molar-refractivity contribution in [2.45, 2.75) is 51.7 Å². The fourth-order valence-corrected chi connectivity index (χ4v) is 4.14.